The summed E-state index contributed by atoms with van der Waals surface area (Å²) < 4.78 is 2.82. The molecule has 6 rings (SSSR count). The van der Waals surface area contributed by atoms with Crippen LogP contribution in [0.1, 0.15) is 11.1 Å². The van der Waals surface area contributed by atoms with E-state index in [0.717, 1.165) is 21.9 Å². The molecule has 0 aliphatic rings. The van der Waals surface area contributed by atoms with Crippen LogP contribution in [-0.2, 0) is 0 Å². The summed E-state index contributed by atoms with van der Waals surface area (Å²) >= 11 is 16.8. The van der Waals surface area contributed by atoms with Crippen molar-refractivity contribution in [3.63, 3.8) is 0 Å². The van der Waals surface area contributed by atoms with Gasteiger partial charge in [0.15, 0.2) is 0 Å². The van der Waals surface area contributed by atoms with Gasteiger partial charge in [-0.05, 0) is 45.8 Å². The molecule has 0 bridgehead atoms. The van der Waals surface area contributed by atoms with Crippen molar-refractivity contribution in [3.8, 4) is 22.9 Å². The molecule has 0 nitrogen and oxygen atoms in total. The minimum absolute atomic E-state index is 0.671. The fraction of sp³-hybridized carbons (Fsp3) is 0.176. The Kier molecular flexibility index (Phi) is 8.24. The van der Waals surface area contributed by atoms with Gasteiger partial charge in [0.2, 0.25) is 0 Å². The third-order valence-electron chi connectivity index (χ3n) is 6.24. The SMILES string of the molecule is C[Si](C)(C)C#Cc1ccc2c(Cl)c(C#C[Si](C)(C)C)ccc2c1Cl.c1cc2ccc3c(ccc4ccsc43)c2s1. The van der Waals surface area contributed by atoms with Crippen molar-refractivity contribution in [2.75, 3.05) is 0 Å². The average Bonchev–Trinajstić information content (AvgIpc) is 3.57. The van der Waals surface area contributed by atoms with E-state index in [0.29, 0.717) is 10.0 Å². The van der Waals surface area contributed by atoms with Crippen molar-refractivity contribution in [2.45, 2.75) is 39.3 Å². The Morgan fingerprint density at radius 3 is 1.25 bits per heavy atom. The predicted molar refractivity (Wildman–Crippen MR) is 189 cm³/mol. The van der Waals surface area contributed by atoms with E-state index in [1.54, 1.807) is 0 Å². The van der Waals surface area contributed by atoms with Gasteiger partial charge in [-0.2, -0.15) is 0 Å². The third kappa shape index (κ3) is 6.34. The lowest BCUT2D eigenvalue weighted by Crippen LogP contribution is -2.16. The predicted octanol–water partition coefficient (Wildman–Crippen LogP) is 11.9. The van der Waals surface area contributed by atoms with E-state index in [2.05, 4.69) is 109 Å². The number of rotatable bonds is 0. The number of benzene rings is 4. The first-order chi connectivity index (χ1) is 18.9. The fourth-order valence-electron chi connectivity index (χ4n) is 4.30. The van der Waals surface area contributed by atoms with Gasteiger partial charge in [-0.15, -0.1) is 33.8 Å². The Morgan fingerprint density at radius 2 is 0.875 bits per heavy atom. The molecule has 0 unspecified atom stereocenters. The molecule has 0 aliphatic heterocycles. The minimum Gasteiger partial charge on any atom is -0.143 e. The van der Waals surface area contributed by atoms with Gasteiger partial charge in [0.05, 0.1) is 10.0 Å². The van der Waals surface area contributed by atoms with Crippen LogP contribution in [0.25, 0.3) is 41.7 Å². The lowest BCUT2D eigenvalue weighted by Gasteiger charge is -2.09. The first kappa shape index (κ1) is 29.0. The summed E-state index contributed by atoms with van der Waals surface area (Å²) in [6, 6.07) is 21.3. The number of hydrogen-bond donors (Lipinski definition) is 0. The van der Waals surface area contributed by atoms with Crippen LogP contribution in [0, 0.1) is 22.9 Å². The van der Waals surface area contributed by atoms with E-state index in [4.69, 9.17) is 23.2 Å². The van der Waals surface area contributed by atoms with E-state index >= 15 is 0 Å². The molecule has 40 heavy (non-hydrogen) atoms. The van der Waals surface area contributed by atoms with Crippen LogP contribution in [0.2, 0.25) is 49.3 Å². The van der Waals surface area contributed by atoms with E-state index in [1.165, 1.54) is 30.9 Å². The molecule has 4 aromatic carbocycles. The van der Waals surface area contributed by atoms with Crippen LogP contribution < -0.4 is 0 Å². The molecule has 200 valence electrons. The largest absolute Gasteiger partial charge is 0.143 e. The normalized spacial score (nSPS) is 11.6. The Labute approximate surface area is 257 Å². The highest BCUT2D eigenvalue weighted by Crippen LogP contribution is 2.36. The number of hydrogen-bond acceptors (Lipinski definition) is 2. The molecule has 6 heteroatoms. The first-order valence-corrected chi connectivity index (χ1v) is 22.7. The van der Waals surface area contributed by atoms with Crippen LogP contribution in [0.3, 0.4) is 0 Å². The number of thiophene rings is 2. The van der Waals surface area contributed by atoms with Crippen molar-refractivity contribution in [1.82, 2.24) is 0 Å². The Morgan fingerprint density at radius 1 is 0.500 bits per heavy atom. The Hall–Kier alpha value is -2.55. The van der Waals surface area contributed by atoms with Crippen molar-refractivity contribution in [3.05, 3.63) is 92.6 Å². The van der Waals surface area contributed by atoms with Gasteiger partial charge in [-0.25, -0.2) is 0 Å². The zero-order valence-electron chi connectivity index (χ0n) is 23.5. The molecule has 0 spiro atoms. The summed E-state index contributed by atoms with van der Waals surface area (Å²) in [5.41, 5.74) is 8.45. The molecule has 6 aromatic rings. The molecule has 0 radical (unpaired) electrons. The molecule has 0 N–H and O–H groups in total. The molecule has 0 saturated heterocycles. The van der Waals surface area contributed by atoms with Crippen molar-refractivity contribution in [1.29, 1.82) is 0 Å². The zero-order valence-corrected chi connectivity index (χ0v) is 28.6. The van der Waals surface area contributed by atoms with E-state index in [9.17, 15) is 0 Å². The highest BCUT2D eigenvalue weighted by atomic mass is 35.5. The first-order valence-electron chi connectivity index (χ1n) is 13.1. The van der Waals surface area contributed by atoms with Gasteiger partial charge in [0.1, 0.15) is 16.1 Å². The second kappa shape index (κ2) is 11.4. The van der Waals surface area contributed by atoms with E-state index in [-0.39, 0.29) is 0 Å². The maximum atomic E-state index is 6.57. The molecule has 2 aromatic heterocycles. The van der Waals surface area contributed by atoms with Gasteiger partial charge in [-0.3, -0.25) is 0 Å². The van der Waals surface area contributed by atoms with Crippen LogP contribution >= 0.6 is 45.9 Å². The molecular formula is C34H30Cl2S2Si2. The summed E-state index contributed by atoms with van der Waals surface area (Å²) in [6.07, 6.45) is 0. The number of fused-ring (bicyclic) bond motifs is 6. The van der Waals surface area contributed by atoms with Gasteiger partial charge in [0, 0.05) is 42.1 Å². The van der Waals surface area contributed by atoms with Crippen LogP contribution in [-0.4, -0.2) is 16.1 Å². The summed E-state index contributed by atoms with van der Waals surface area (Å²) in [4.78, 5) is 0. The molecule has 0 fully saturated rings. The minimum atomic E-state index is -1.44. The summed E-state index contributed by atoms with van der Waals surface area (Å²) in [5.74, 6) is 6.48. The lowest BCUT2D eigenvalue weighted by atomic mass is 10.0. The zero-order chi connectivity index (χ0) is 28.7. The van der Waals surface area contributed by atoms with Crippen LogP contribution in [0.15, 0.2) is 71.4 Å². The monoisotopic (exact) mass is 628 g/mol. The van der Waals surface area contributed by atoms with Gasteiger partial charge >= 0.3 is 0 Å². The maximum absolute atomic E-state index is 6.57. The van der Waals surface area contributed by atoms with E-state index in [1.807, 2.05) is 46.9 Å². The van der Waals surface area contributed by atoms with Crippen molar-refractivity contribution in [2.24, 2.45) is 0 Å². The highest BCUT2D eigenvalue weighted by Gasteiger charge is 2.13. The van der Waals surface area contributed by atoms with E-state index < -0.39 is 16.1 Å². The maximum Gasteiger partial charge on any atom is 0.129 e. The smallest absolute Gasteiger partial charge is 0.129 e. The molecular weight excluding hydrogens is 600 g/mol. The topological polar surface area (TPSA) is 0 Å². The second-order valence-corrected chi connectivity index (χ2v) is 23.9. The molecule has 0 amide bonds. The molecule has 0 atom stereocenters. The highest BCUT2D eigenvalue weighted by molar-refractivity contribution is 7.19. The van der Waals surface area contributed by atoms with Crippen LogP contribution in [0.5, 0.6) is 0 Å². The standard InChI is InChI=1S/C20H22Cl2Si2.C14H8S2/c1-23(2,3)13-11-15-7-9-18-17(19(15)21)10-8-16(20(18)22)12-14-24(4,5)6;1-3-11-12(13-9(1)5-7-15-13)4-2-10-6-8-16-14(10)11/h7-10H,1-6H3;1-8H. The second-order valence-electron chi connectivity index (χ2n) is 11.9. The quantitative estimate of drug-likeness (QED) is 0.116. The Balaban J connectivity index is 0.000000173. The fourth-order valence-corrected chi connectivity index (χ4v) is 7.72. The van der Waals surface area contributed by atoms with Crippen molar-refractivity contribution >= 4 is 104 Å². The lowest BCUT2D eigenvalue weighted by molar-refractivity contribution is 1.66. The molecule has 0 saturated carbocycles. The van der Waals surface area contributed by atoms with Gasteiger partial charge < -0.3 is 0 Å². The third-order valence-corrected chi connectivity index (χ3v) is 10.7. The molecule has 2 heterocycles. The average molecular weight is 630 g/mol. The number of halogens is 2. The summed E-state index contributed by atoms with van der Waals surface area (Å²) in [5, 5.41) is 13.0. The summed E-state index contributed by atoms with van der Waals surface area (Å²) in [7, 11) is -2.88. The van der Waals surface area contributed by atoms with Gasteiger partial charge in [0.25, 0.3) is 0 Å². The van der Waals surface area contributed by atoms with Gasteiger partial charge in [-0.1, -0.05) is 111 Å². The Bertz CT molecular complexity index is 1870. The molecule has 0 aliphatic carbocycles. The summed E-state index contributed by atoms with van der Waals surface area (Å²) in [6.45, 7) is 13.3. The van der Waals surface area contributed by atoms with Crippen molar-refractivity contribution < 1.29 is 0 Å². The van der Waals surface area contributed by atoms with Crippen LogP contribution in [0.4, 0.5) is 0 Å².